The van der Waals surface area contributed by atoms with Gasteiger partial charge in [0.1, 0.15) is 29.4 Å². The molecule has 1 aromatic heterocycles. The van der Waals surface area contributed by atoms with Gasteiger partial charge in [-0.3, -0.25) is 9.79 Å². The molecule has 198 valence electrons. The van der Waals surface area contributed by atoms with Crippen LogP contribution in [0.2, 0.25) is 0 Å². The number of nitrogens with one attached hydrogen (secondary N) is 1. The smallest absolute Gasteiger partial charge is 0.270 e. The summed E-state index contributed by atoms with van der Waals surface area (Å²) >= 11 is 0. The van der Waals surface area contributed by atoms with Crippen LogP contribution in [0.1, 0.15) is 47.6 Å². The Morgan fingerprint density at radius 2 is 1.87 bits per heavy atom. The Morgan fingerprint density at radius 1 is 1.10 bits per heavy atom. The Labute approximate surface area is 225 Å². The van der Waals surface area contributed by atoms with Gasteiger partial charge in [-0.05, 0) is 67.5 Å². The molecule has 7 rings (SSSR count). The van der Waals surface area contributed by atoms with Gasteiger partial charge < -0.3 is 15.3 Å². The van der Waals surface area contributed by atoms with Gasteiger partial charge in [-0.25, -0.2) is 13.8 Å². The molecule has 4 aliphatic rings. The van der Waals surface area contributed by atoms with E-state index in [1.54, 1.807) is 18.0 Å². The highest BCUT2D eigenvalue weighted by Gasteiger charge is 2.51. The third-order valence-electron chi connectivity index (χ3n) is 8.68. The van der Waals surface area contributed by atoms with Crippen molar-refractivity contribution in [1.29, 1.82) is 0 Å². The number of benzene rings is 2. The molecule has 2 aliphatic carbocycles. The number of carbonyl (C=O) groups is 1. The molecule has 0 saturated heterocycles. The fraction of sp³-hybridized carbons (Fsp3) is 0.323. The van der Waals surface area contributed by atoms with Gasteiger partial charge in [-0.1, -0.05) is 36.4 Å². The highest BCUT2D eigenvalue weighted by molar-refractivity contribution is 6.41. The van der Waals surface area contributed by atoms with Crippen molar-refractivity contribution in [3.63, 3.8) is 0 Å². The van der Waals surface area contributed by atoms with Gasteiger partial charge in [0.2, 0.25) is 0 Å². The number of hydrogen-bond donors (Lipinski definition) is 2. The van der Waals surface area contributed by atoms with Gasteiger partial charge in [0, 0.05) is 35.9 Å². The second-order valence-corrected chi connectivity index (χ2v) is 11.3. The van der Waals surface area contributed by atoms with Crippen molar-refractivity contribution in [3.8, 4) is 0 Å². The van der Waals surface area contributed by atoms with Crippen molar-refractivity contribution < 1.29 is 18.7 Å². The molecule has 6 nitrogen and oxygen atoms in total. The van der Waals surface area contributed by atoms with E-state index >= 15 is 0 Å². The molecule has 2 aliphatic heterocycles. The van der Waals surface area contributed by atoms with Crippen molar-refractivity contribution in [2.24, 2.45) is 10.9 Å². The maximum Gasteiger partial charge on any atom is 0.270 e. The van der Waals surface area contributed by atoms with Crippen LogP contribution in [0.4, 0.5) is 14.6 Å². The lowest BCUT2D eigenvalue weighted by Crippen LogP contribution is -2.43. The summed E-state index contributed by atoms with van der Waals surface area (Å²) in [6.07, 6.45) is 8.11. The van der Waals surface area contributed by atoms with Crippen molar-refractivity contribution in [2.45, 2.75) is 49.9 Å². The van der Waals surface area contributed by atoms with Gasteiger partial charge in [-0.2, -0.15) is 0 Å². The van der Waals surface area contributed by atoms with Gasteiger partial charge in [0.15, 0.2) is 5.66 Å². The molecule has 39 heavy (non-hydrogen) atoms. The third kappa shape index (κ3) is 3.80. The molecular formula is C31H28F2N4O2. The standard InChI is InChI=1S/C31H28F2N4O2/c1-30(22-13-23(32)15-24(33)14-22)36-26(19-8-9-19)28(38)37(30)11-3-4-18-6-7-20-16-31(17-21(20)12-18)25-5-2-10-34-27(25)35-29(31)39/h2-7,10,12-15,19,29,39H,8-9,11,16-17H2,1H3,(H,34,35). The van der Waals surface area contributed by atoms with E-state index in [0.29, 0.717) is 17.7 Å². The summed E-state index contributed by atoms with van der Waals surface area (Å²) < 4.78 is 28.2. The zero-order valence-electron chi connectivity index (χ0n) is 21.5. The van der Waals surface area contributed by atoms with Crippen LogP contribution in [0.15, 0.2) is 65.8 Å². The van der Waals surface area contributed by atoms with E-state index in [9.17, 15) is 18.7 Å². The number of aliphatic hydroxyl groups is 1. The minimum atomic E-state index is -1.18. The average molecular weight is 527 g/mol. The number of anilines is 1. The molecule has 1 spiro atoms. The van der Waals surface area contributed by atoms with Gasteiger partial charge in [0.05, 0.1) is 5.41 Å². The van der Waals surface area contributed by atoms with Crippen molar-refractivity contribution in [2.75, 3.05) is 11.9 Å². The molecule has 1 saturated carbocycles. The number of hydrogen-bond acceptors (Lipinski definition) is 5. The third-order valence-corrected chi connectivity index (χ3v) is 8.68. The first-order valence-electron chi connectivity index (χ1n) is 13.3. The van der Waals surface area contributed by atoms with Crippen LogP contribution in [0.5, 0.6) is 0 Å². The molecular weight excluding hydrogens is 498 g/mol. The van der Waals surface area contributed by atoms with Gasteiger partial charge in [-0.15, -0.1) is 0 Å². The number of amides is 1. The van der Waals surface area contributed by atoms with Crippen LogP contribution in [0.25, 0.3) is 6.08 Å². The van der Waals surface area contributed by atoms with Crippen LogP contribution in [-0.2, 0) is 28.7 Å². The monoisotopic (exact) mass is 526 g/mol. The van der Waals surface area contributed by atoms with Crippen molar-refractivity contribution in [1.82, 2.24) is 9.88 Å². The number of nitrogens with zero attached hydrogens (tertiary/aromatic N) is 3. The van der Waals surface area contributed by atoms with E-state index in [1.165, 1.54) is 23.3 Å². The van der Waals surface area contributed by atoms with E-state index in [2.05, 4.69) is 22.4 Å². The Balaban J connectivity index is 1.14. The molecule has 3 heterocycles. The molecule has 2 N–H and O–H groups in total. The van der Waals surface area contributed by atoms with E-state index < -0.39 is 28.9 Å². The topological polar surface area (TPSA) is 77.8 Å². The first-order chi connectivity index (χ1) is 18.8. The highest BCUT2D eigenvalue weighted by atomic mass is 19.1. The molecule has 3 aromatic rings. The lowest BCUT2D eigenvalue weighted by atomic mass is 9.79. The number of fused-ring (bicyclic) bond motifs is 3. The normalized spacial score (nSPS) is 27.3. The molecule has 0 bridgehead atoms. The Morgan fingerprint density at radius 3 is 2.64 bits per heavy atom. The maximum atomic E-state index is 14.1. The van der Waals surface area contributed by atoms with Crippen molar-refractivity contribution in [3.05, 3.63) is 100 Å². The Bertz CT molecular complexity index is 1560. The fourth-order valence-corrected chi connectivity index (χ4v) is 6.45. The number of rotatable bonds is 5. The number of carbonyl (C=O) groups excluding carboxylic acids is 1. The first kappa shape index (κ1) is 24.2. The quantitative estimate of drug-likeness (QED) is 0.505. The van der Waals surface area contributed by atoms with Crippen LogP contribution in [0.3, 0.4) is 0 Å². The second kappa shape index (κ2) is 8.55. The number of aliphatic imine (C=N–C) groups is 1. The lowest BCUT2D eigenvalue weighted by molar-refractivity contribution is -0.127. The first-order valence-corrected chi connectivity index (χ1v) is 13.3. The van der Waals surface area contributed by atoms with Crippen molar-refractivity contribution >= 4 is 23.5 Å². The Kier molecular flexibility index (Phi) is 5.29. The predicted octanol–water partition coefficient (Wildman–Crippen LogP) is 4.72. The van der Waals surface area contributed by atoms with E-state index in [4.69, 9.17) is 4.99 Å². The van der Waals surface area contributed by atoms with Gasteiger partial charge in [0.25, 0.3) is 5.91 Å². The number of pyridine rings is 1. The zero-order chi connectivity index (χ0) is 26.9. The zero-order valence-corrected chi connectivity index (χ0v) is 21.5. The maximum absolute atomic E-state index is 14.1. The minimum Gasteiger partial charge on any atom is -0.373 e. The number of halogens is 2. The van der Waals surface area contributed by atoms with E-state index in [0.717, 1.165) is 42.3 Å². The summed E-state index contributed by atoms with van der Waals surface area (Å²) in [7, 11) is 0. The van der Waals surface area contributed by atoms with Gasteiger partial charge >= 0.3 is 0 Å². The largest absolute Gasteiger partial charge is 0.373 e. The molecule has 3 unspecified atom stereocenters. The van der Waals surface area contributed by atoms with E-state index in [1.807, 2.05) is 30.4 Å². The average Bonchev–Trinajstić information content (AvgIpc) is 3.55. The Hall–Kier alpha value is -3.91. The molecule has 0 radical (unpaired) electrons. The molecule has 1 amide bonds. The summed E-state index contributed by atoms with van der Waals surface area (Å²) in [6.45, 7) is 1.99. The fourth-order valence-electron chi connectivity index (χ4n) is 6.45. The number of aliphatic hydroxyl groups excluding tert-OH is 1. The van der Waals surface area contributed by atoms with Crippen LogP contribution in [0, 0.1) is 17.6 Å². The number of aromatic nitrogens is 1. The summed E-state index contributed by atoms with van der Waals surface area (Å²) in [6, 6.07) is 13.5. The minimum absolute atomic E-state index is 0.119. The van der Waals surface area contributed by atoms with Crippen LogP contribution >= 0.6 is 0 Å². The molecule has 3 atom stereocenters. The van der Waals surface area contributed by atoms with Crippen LogP contribution in [-0.4, -0.2) is 39.4 Å². The SMILES string of the molecule is CC1(c2cc(F)cc(F)c2)N=C(C2CC2)C(=O)N1CC=Cc1ccc2c(c1)CC1(C2)c2cccnc2NC1O. The van der Waals surface area contributed by atoms with Crippen LogP contribution < -0.4 is 5.32 Å². The summed E-state index contributed by atoms with van der Waals surface area (Å²) in [5.41, 5.74) is 3.59. The van der Waals surface area contributed by atoms with E-state index in [-0.39, 0.29) is 18.4 Å². The summed E-state index contributed by atoms with van der Waals surface area (Å²) in [5.74, 6) is -0.710. The highest BCUT2D eigenvalue weighted by Crippen LogP contribution is 2.48. The molecule has 1 fully saturated rings. The lowest BCUT2D eigenvalue weighted by Gasteiger charge is -2.33. The molecule has 8 heteroatoms. The summed E-state index contributed by atoms with van der Waals surface area (Å²) in [5, 5.41) is 14.0. The summed E-state index contributed by atoms with van der Waals surface area (Å²) in [4.78, 5) is 24.1. The second-order valence-electron chi connectivity index (χ2n) is 11.3. The molecule has 2 aromatic carbocycles. The predicted molar refractivity (Wildman–Crippen MR) is 144 cm³/mol.